The summed E-state index contributed by atoms with van der Waals surface area (Å²) in [5.74, 6) is -0.661. The molecule has 2 atom stereocenters. The number of amides is 1. The van der Waals surface area contributed by atoms with Gasteiger partial charge in [0.1, 0.15) is 5.82 Å². The highest BCUT2D eigenvalue weighted by Crippen LogP contribution is 2.47. The Morgan fingerprint density at radius 2 is 1.81 bits per heavy atom. The predicted molar refractivity (Wildman–Crippen MR) is 103 cm³/mol. The first-order valence-corrected chi connectivity index (χ1v) is 8.40. The van der Waals surface area contributed by atoms with Gasteiger partial charge in [-0.2, -0.15) is 0 Å². The Kier molecular flexibility index (Phi) is 6.06. The second-order valence-electron chi connectivity index (χ2n) is 6.92. The molecule has 3 rings (SSSR count). The van der Waals surface area contributed by atoms with E-state index >= 15 is 0 Å². The van der Waals surface area contributed by atoms with Crippen molar-refractivity contribution in [2.24, 2.45) is 0 Å². The number of para-hydroxylation sites is 1. The lowest BCUT2D eigenvalue weighted by molar-refractivity contribution is -0.123. The largest absolute Gasteiger partial charge is 0.389 e. The molecule has 0 bridgehead atoms. The van der Waals surface area contributed by atoms with Crippen molar-refractivity contribution in [3.05, 3.63) is 65.5 Å². The number of hydrogen-bond donors (Lipinski definition) is 2. The second kappa shape index (κ2) is 7.74. The summed E-state index contributed by atoms with van der Waals surface area (Å²) in [4.78, 5) is 14.6. The lowest BCUT2D eigenvalue weighted by Crippen LogP contribution is -2.45. The maximum absolute atomic E-state index is 14.7. The van der Waals surface area contributed by atoms with Crippen molar-refractivity contribution in [2.45, 2.75) is 31.4 Å². The van der Waals surface area contributed by atoms with Crippen LogP contribution in [0.25, 0.3) is 0 Å². The lowest BCUT2D eigenvalue weighted by atomic mass is 9.86. The van der Waals surface area contributed by atoms with E-state index in [1.165, 1.54) is 11.0 Å². The number of rotatable bonds is 5. The first-order valence-electron chi connectivity index (χ1n) is 8.40. The lowest BCUT2D eigenvalue weighted by Gasteiger charge is -2.34. The zero-order chi connectivity index (χ0) is 18.2. The number of likely N-dealkylation sites (N-methyl/N-ethyl adjacent to an activating group) is 1. The molecule has 0 saturated carbocycles. The molecule has 2 aromatic rings. The maximum Gasteiger partial charge on any atom is 0.237 e. The number of aliphatic hydroxyl groups is 1. The molecule has 0 radical (unpaired) electrons. The van der Waals surface area contributed by atoms with Gasteiger partial charge in [0, 0.05) is 6.54 Å². The Labute approximate surface area is 159 Å². The standard InChI is InChI=1S/C20H23FN2O2.ClH/c1-20(2)14-10-7-11-15(21)18(14)23(19(20)25)17(16(24)12-22-3)13-8-5-4-6-9-13;/h4-11,16-17,22,24H,12H2,1-3H3;1H/t16-,17+;/m1./s1. The number of benzene rings is 2. The topological polar surface area (TPSA) is 52.6 Å². The van der Waals surface area contributed by atoms with Crippen molar-refractivity contribution in [3.63, 3.8) is 0 Å². The minimum atomic E-state index is -0.877. The molecule has 140 valence electrons. The Balaban J connectivity index is 0.00000243. The average molecular weight is 379 g/mol. The van der Waals surface area contributed by atoms with E-state index in [0.717, 1.165) is 5.56 Å². The van der Waals surface area contributed by atoms with E-state index in [9.17, 15) is 14.3 Å². The van der Waals surface area contributed by atoms with Crippen LogP contribution in [-0.2, 0) is 10.2 Å². The second-order valence-corrected chi connectivity index (χ2v) is 6.92. The van der Waals surface area contributed by atoms with Crippen molar-refractivity contribution in [1.29, 1.82) is 0 Å². The summed E-state index contributed by atoms with van der Waals surface area (Å²) >= 11 is 0. The monoisotopic (exact) mass is 378 g/mol. The number of carbonyl (C=O) groups excluding carboxylic acids is 1. The van der Waals surface area contributed by atoms with Crippen LogP contribution in [0.5, 0.6) is 0 Å². The Bertz CT molecular complexity index is 783. The van der Waals surface area contributed by atoms with Crippen molar-refractivity contribution in [3.8, 4) is 0 Å². The van der Waals surface area contributed by atoms with Crippen LogP contribution in [0.3, 0.4) is 0 Å². The molecule has 0 spiro atoms. The summed E-state index contributed by atoms with van der Waals surface area (Å²) in [5, 5.41) is 13.7. The molecule has 1 heterocycles. The summed E-state index contributed by atoms with van der Waals surface area (Å²) in [6, 6.07) is 13.4. The summed E-state index contributed by atoms with van der Waals surface area (Å²) in [5.41, 5.74) is 0.839. The van der Waals surface area contributed by atoms with E-state index in [1.54, 1.807) is 33.0 Å². The van der Waals surface area contributed by atoms with Gasteiger partial charge in [0.05, 0.1) is 23.2 Å². The van der Waals surface area contributed by atoms with Gasteiger partial charge >= 0.3 is 0 Å². The van der Waals surface area contributed by atoms with Crippen molar-refractivity contribution in [2.75, 3.05) is 18.5 Å². The zero-order valence-electron chi connectivity index (χ0n) is 15.1. The molecule has 0 saturated heterocycles. The molecule has 1 aliphatic rings. The quantitative estimate of drug-likeness (QED) is 0.840. The first-order chi connectivity index (χ1) is 11.9. The molecule has 2 N–H and O–H groups in total. The van der Waals surface area contributed by atoms with Crippen LogP contribution in [0.4, 0.5) is 10.1 Å². The molecule has 6 heteroatoms. The fraction of sp³-hybridized carbons (Fsp3) is 0.350. The molecule has 0 fully saturated rings. The van der Waals surface area contributed by atoms with Gasteiger partial charge in [-0.25, -0.2) is 4.39 Å². The van der Waals surface area contributed by atoms with E-state index in [0.29, 0.717) is 5.56 Å². The first kappa shape index (κ1) is 20.4. The zero-order valence-corrected chi connectivity index (χ0v) is 15.9. The van der Waals surface area contributed by atoms with E-state index < -0.39 is 23.4 Å². The van der Waals surface area contributed by atoms with Gasteiger partial charge in [0.2, 0.25) is 5.91 Å². The van der Waals surface area contributed by atoms with Crippen LogP contribution in [-0.4, -0.2) is 30.7 Å². The molecule has 4 nitrogen and oxygen atoms in total. The SMILES string of the molecule is CNC[C@@H](O)[C@H](c1ccccc1)N1C(=O)C(C)(C)c2cccc(F)c21.Cl. The molecule has 0 aliphatic carbocycles. The highest BCUT2D eigenvalue weighted by Gasteiger charge is 2.49. The van der Waals surface area contributed by atoms with Crippen LogP contribution < -0.4 is 10.2 Å². The average Bonchev–Trinajstić information content (AvgIpc) is 2.79. The number of aliphatic hydroxyl groups excluding tert-OH is 1. The third kappa shape index (κ3) is 3.22. The van der Waals surface area contributed by atoms with Crippen LogP contribution in [0.1, 0.15) is 31.0 Å². The summed E-state index contributed by atoms with van der Waals surface area (Å²) in [6.07, 6.45) is -0.877. The Morgan fingerprint density at radius 3 is 2.42 bits per heavy atom. The van der Waals surface area contributed by atoms with Gasteiger partial charge in [-0.15, -0.1) is 12.4 Å². The minimum Gasteiger partial charge on any atom is -0.389 e. The number of hydrogen-bond acceptors (Lipinski definition) is 3. The number of anilines is 1. The van der Waals surface area contributed by atoms with Crippen LogP contribution in [0, 0.1) is 5.82 Å². The summed E-state index contributed by atoms with van der Waals surface area (Å²) < 4.78 is 14.7. The highest BCUT2D eigenvalue weighted by molar-refractivity contribution is 6.08. The normalized spacial score (nSPS) is 17.4. The Morgan fingerprint density at radius 1 is 1.15 bits per heavy atom. The third-order valence-corrected chi connectivity index (χ3v) is 4.85. The molecule has 26 heavy (non-hydrogen) atoms. The predicted octanol–water partition coefficient (Wildman–Crippen LogP) is 3.19. The van der Waals surface area contributed by atoms with Gasteiger partial charge in [0.15, 0.2) is 0 Å². The van der Waals surface area contributed by atoms with Crippen molar-refractivity contribution in [1.82, 2.24) is 5.32 Å². The Hall–Kier alpha value is -1.95. The molecular formula is C20H24ClFN2O2. The molecule has 1 aliphatic heterocycles. The van der Waals surface area contributed by atoms with Crippen molar-refractivity contribution >= 4 is 24.0 Å². The van der Waals surface area contributed by atoms with Crippen LogP contribution in [0.2, 0.25) is 0 Å². The van der Waals surface area contributed by atoms with E-state index in [4.69, 9.17) is 0 Å². The molecule has 0 aromatic heterocycles. The van der Waals surface area contributed by atoms with Gasteiger partial charge < -0.3 is 10.4 Å². The van der Waals surface area contributed by atoms with E-state index in [1.807, 2.05) is 30.3 Å². The summed E-state index contributed by atoms with van der Waals surface area (Å²) in [6.45, 7) is 3.87. The minimum absolute atomic E-state index is 0. The number of carbonyl (C=O) groups is 1. The molecule has 0 unspecified atom stereocenters. The van der Waals surface area contributed by atoms with Gasteiger partial charge in [-0.05, 0) is 38.1 Å². The molecule has 1 amide bonds. The fourth-order valence-corrected chi connectivity index (χ4v) is 3.56. The maximum atomic E-state index is 14.7. The number of halogens is 2. The fourth-order valence-electron chi connectivity index (χ4n) is 3.56. The molecular weight excluding hydrogens is 355 g/mol. The third-order valence-electron chi connectivity index (χ3n) is 4.85. The smallest absolute Gasteiger partial charge is 0.237 e. The van der Waals surface area contributed by atoms with Crippen molar-refractivity contribution < 1.29 is 14.3 Å². The van der Waals surface area contributed by atoms with Crippen LogP contribution >= 0.6 is 12.4 Å². The molecule has 2 aromatic carbocycles. The summed E-state index contributed by atoms with van der Waals surface area (Å²) in [7, 11) is 1.73. The number of nitrogens with zero attached hydrogens (tertiary/aromatic N) is 1. The van der Waals surface area contributed by atoms with Gasteiger partial charge in [-0.3, -0.25) is 9.69 Å². The van der Waals surface area contributed by atoms with E-state index in [-0.39, 0.29) is 30.5 Å². The highest BCUT2D eigenvalue weighted by atomic mass is 35.5. The number of fused-ring (bicyclic) bond motifs is 1. The van der Waals surface area contributed by atoms with Gasteiger partial charge in [0.25, 0.3) is 0 Å². The van der Waals surface area contributed by atoms with Crippen LogP contribution in [0.15, 0.2) is 48.5 Å². The number of nitrogens with one attached hydrogen (secondary N) is 1. The van der Waals surface area contributed by atoms with E-state index in [2.05, 4.69) is 5.32 Å². The van der Waals surface area contributed by atoms with Gasteiger partial charge in [-0.1, -0.05) is 42.5 Å².